The molecule has 0 rings (SSSR count). The van der Waals surface area contributed by atoms with Crippen LogP contribution in [0.1, 0.15) is 13.3 Å². The van der Waals surface area contributed by atoms with E-state index < -0.39 is 0 Å². The average Bonchev–Trinajstić information content (AvgIpc) is 1.35. The van der Waals surface area contributed by atoms with Crippen LogP contribution in [0.5, 0.6) is 0 Å². The van der Waals surface area contributed by atoms with Gasteiger partial charge in [-0.1, -0.05) is 0 Å². The van der Waals surface area contributed by atoms with Crippen molar-refractivity contribution < 1.29 is 27.0 Å². The molecular formula is C4H6CrO2+3. The molecule has 1 radical (unpaired) electrons. The molecule has 0 fully saturated rings. The minimum Gasteiger partial charge on any atom is -0.303 e. The molecule has 37 valence electrons. The van der Waals surface area contributed by atoms with E-state index in [1.165, 1.54) is 6.92 Å². The SMILES string of the molecule is CC(=O)CC=O.[Cr+3]. The van der Waals surface area contributed by atoms with Crippen LogP contribution in [-0.4, -0.2) is 12.1 Å². The first-order chi connectivity index (χ1) is 2.77. The maximum absolute atomic E-state index is 9.81. The Morgan fingerprint density at radius 1 is 1.71 bits per heavy atom. The summed E-state index contributed by atoms with van der Waals surface area (Å²) in [6, 6.07) is 0. The number of rotatable bonds is 2. The van der Waals surface area contributed by atoms with Crippen LogP contribution in [0, 0.1) is 0 Å². The zero-order valence-electron chi connectivity index (χ0n) is 4.01. The molecule has 2 nitrogen and oxygen atoms in total. The zero-order valence-corrected chi connectivity index (χ0v) is 5.28. The van der Waals surface area contributed by atoms with Gasteiger partial charge in [-0.05, 0) is 6.92 Å². The van der Waals surface area contributed by atoms with Gasteiger partial charge in [0.25, 0.3) is 0 Å². The Hall–Kier alpha value is -0.128. The molecule has 0 atom stereocenters. The quantitative estimate of drug-likeness (QED) is 0.402. The minimum atomic E-state index is -0.0787. The number of hydrogen-bond acceptors (Lipinski definition) is 2. The number of carbonyl (C=O) groups excluding carboxylic acids is 2. The van der Waals surface area contributed by atoms with Crippen molar-refractivity contribution in [3.8, 4) is 0 Å². The van der Waals surface area contributed by atoms with E-state index in [0.717, 1.165) is 0 Å². The zero-order chi connectivity index (χ0) is 4.99. The van der Waals surface area contributed by atoms with Crippen LogP contribution in [0.2, 0.25) is 0 Å². The van der Waals surface area contributed by atoms with E-state index in [0.29, 0.717) is 6.29 Å². The summed E-state index contributed by atoms with van der Waals surface area (Å²) in [4.78, 5) is 19.2. The van der Waals surface area contributed by atoms with Gasteiger partial charge in [0.15, 0.2) is 0 Å². The Morgan fingerprint density at radius 3 is 2.14 bits per heavy atom. The van der Waals surface area contributed by atoms with Crippen molar-refractivity contribution in [2.45, 2.75) is 13.3 Å². The molecule has 0 saturated carbocycles. The van der Waals surface area contributed by atoms with E-state index in [1.807, 2.05) is 0 Å². The molecule has 0 spiro atoms. The molecule has 0 aromatic heterocycles. The summed E-state index contributed by atoms with van der Waals surface area (Å²) in [6.07, 6.45) is 0.655. The maximum atomic E-state index is 9.81. The summed E-state index contributed by atoms with van der Waals surface area (Å²) in [6.45, 7) is 1.38. The topological polar surface area (TPSA) is 34.1 Å². The number of Topliss-reactive ketones (excluding diaryl/α,β-unsaturated/α-hetero) is 1. The van der Waals surface area contributed by atoms with Crippen LogP contribution in [0.3, 0.4) is 0 Å². The van der Waals surface area contributed by atoms with Crippen molar-refractivity contribution >= 4 is 12.1 Å². The van der Waals surface area contributed by atoms with Gasteiger partial charge in [-0.25, -0.2) is 0 Å². The van der Waals surface area contributed by atoms with Crippen LogP contribution in [0.4, 0.5) is 0 Å². The molecule has 0 N–H and O–H groups in total. The van der Waals surface area contributed by atoms with Crippen LogP contribution in [0.15, 0.2) is 0 Å². The molecule has 7 heavy (non-hydrogen) atoms. The molecule has 0 aromatic rings. The first-order valence-electron chi connectivity index (χ1n) is 1.70. The van der Waals surface area contributed by atoms with Gasteiger partial charge in [-0.2, -0.15) is 0 Å². The van der Waals surface area contributed by atoms with E-state index in [1.54, 1.807) is 0 Å². The largest absolute Gasteiger partial charge is 3.00 e. The van der Waals surface area contributed by atoms with Crippen molar-refractivity contribution in [3.05, 3.63) is 0 Å². The molecule has 0 amide bonds. The summed E-state index contributed by atoms with van der Waals surface area (Å²) < 4.78 is 0. The van der Waals surface area contributed by atoms with Gasteiger partial charge in [-0.3, -0.25) is 4.79 Å². The standard InChI is InChI=1S/C4H6O2.Cr/c1-4(6)2-3-5;/h3H,2H2,1H3;/q;+3. The Labute approximate surface area is 53.0 Å². The molecule has 3 heteroatoms. The monoisotopic (exact) mass is 138 g/mol. The average molecular weight is 138 g/mol. The van der Waals surface area contributed by atoms with E-state index in [-0.39, 0.29) is 29.6 Å². The predicted molar refractivity (Wildman–Crippen MR) is 21.4 cm³/mol. The molecular weight excluding hydrogens is 132 g/mol. The van der Waals surface area contributed by atoms with Gasteiger partial charge in [-0.15, -0.1) is 0 Å². The fraction of sp³-hybridized carbons (Fsp3) is 0.500. The summed E-state index contributed by atoms with van der Waals surface area (Å²) in [5.41, 5.74) is 0. The second kappa shape index (κ2) is 5.87. The van der Waals surface area contributed by atoms with Crippen LogP contribution < -0.4 is 0 Å². The van der Waals surface area contributed by atoms with Crippen molar-refractivity contribution in [2.75, 3.05) is 0 Å². The number of aldehydes is 1. The third-order valence-corrected chi connectivity index (χ3v) is 0.371. The van der Waals surface area contributed by atoms with Gasteiger partial charge < -0.3 is 4.79 Å². The molecule has 0 aliphatic rings. The summed E-state index contributed by atoms with van der Waals surface area (Å²) in [5.74, 6) is -0.0787. The summed E-state index contributed by atoms with van der Waals surface area (Å²) in [7, 11) is 0. The molecule has 0 bridgehead atoms. The van der Waals surface area contributed by atoms with E-state index in [4.69, 9.17) is 0 Å². The molecule has 0 saturated heterocycles. The third kappa shape index (κ3) is 10.7. The smallest absolute Gasteiger partial charge is 0.303 e. The van der Waals surface area contributed by atoms with Gasteiger partial charge >= 0.3 is 17.4 Å². The second-order valence-electron chi connectivity index (χ2n) is 1.07. The number of carbonyl (C=O) groups is 2. The van der Waals surface area contributed by atoms with Crippen molar-refractivity contribution in [3.63, 3.8) is 0 Å². The second-order valence-corrected chi connectivity index (χ2v) is 1.07. The maximum Gasteiger partial charge on any atom is 3.00 e. The normalized spacial score (nSPS) is 6.43. The molecule has 0 heterocycles. The van der Waals surface area contributed by atoms with Gasteiger partial charge in [0.2, 0.25) is 0 Å². The van der Waals surface area contributed by atoms with Crippen LogP contribution in [-0.2, 0) is 27.0 Å². The predicted octanol–water partition coefficient (Wildman–Crippen LogP) is 0.162. The van der Waals surface area contributed by atoms with Crippen LogP contribution in [0.25, 0.3) is 0 Å². The Kier molecular flexibility index (Phi) is 8.37. The van der Waals surface area contributed by atoms with Crippen molar-refractivity contribution in [2.24, 2.45) is 0 Å². The third-order valence-electron chi connectivity index (χ3n) is 0.371. The first kappa shape index (κ1) is 9.98. The summed E-state index contributed by atoms with van der Waals surface area (Å²) >= 11 is 0. The van der Waals surface area contributed by atoms with Crippen molar-refractivity contribution in [1.82, 2.24) is 0 Å². The van der Waals surface area contributed by atoms with E-state index in [2.05, 4.69) is 0 Å². The molecule has 0 unspecified atom stereocenters. The molecule has 0 aromatic carbocycles. The number of hydrogen-bond donors (Lipinski definition) is 0. The molecule has 0 aliphatic heterocycles. The van der Waals surface area contributed by atoms with Gasteiger partial charge in [0.1, 0.15) is 12.1 Å². The number of ketones is 1. The first-order valence-corrected chi connectivity index (χ1v) is 1.70. The van der Waals surface area contributed by atoms with Gasteiger partial charge in [0, 0.05) is 0 Å². The van der Waals surface area contributed by atoms with Crippen molar-refractivity contribution in [1.29, 1.82) is 0 Å². The van der Waals surface area contributed by atoms with Crippen LogP contribution >= 0.6 is 0 Å². The van der Waals surface area contributed by atoms with E-state index >= 15 is 0 Å². The fourth-order valence-corrected chi connectivity index (χ4v) is 0.117. The van der Waals surface area contributed by atoms with Gasteiger partial charge in [0.05, 0.1) is 6.42 Å². The van der Waals surface area contributed by atoms with E-state index in [9.17, 15) is 9.59 Å². The fourth-order valence-electron chi connectivity index (χ4n) is 0.117. The minimum absolute atomic E-state index is 0. The summed E-state index contributed by atoms with van der Waals surface area (Å²) in [5, 5.41) is 0. The Morgan fingerprint density at radius 2 is 2.14 bits per heavy atom. The Balaban J connectivity index is 0. The Bertz CT molecular complexity index is 70.1. The molecule has 0 aliphatic carbocycles.